The van der Waals surface area contributed by atoms with Crippen LogP contribution >= 0.6 is 0 Å². The van der Waals surface area contributed by atoms with E-state index in [2.05, 4.69) is 14.9 Å². The van der Waals surface area contributed by atoms with Gasteiger partial charge in [-0.05, 0) is 6.42 Å². The van der Waals surface area contributed by atoms with Crippen molar-refractivity contribution in [2.75, 3.05) is 19.9 Å². The van der Waals surface area contributed by atoms with Crippen molar-refractivity contribution in [3.05, 3.63) is 5.21 Å². The predicted octanol–water partition coefficient (Wildman–Crippen LogP) is 0.113. The number of carboxylic acid groups (broad SMARTS) is 1. The summed E-state index contributed by atoms with van der Waals surface area (Å²) in [4.78, 5) is 26.0. The lowest BCUT2D eigenvalue weighted by Gasteiger charge is -2.10. The molecule has 1 unspecified atom stereocenters. The van der Waals surface area contributed by atoms with Crippen molar-refractivity contribution in [1.29, 1.82) is 0 Å². The lowest BCUT2D eigenvalue weighted by Crippen LogP contribution is -2.29. The van der Waals surface area contributed by atoms with Gasteiger partial charge in [0, 0.05) is 6.42 Å². The fourth-order valence-electron chi connectivity index (χ4n) is 1.42. The van der Waals surface area contributed by atoms with E-state index >= 15 is 0 Å². The summed E-state index contributed by atoms with van der Waals surface area (Å²) < 4.78 is 4.53. The number of aliphatic carboxylic acids is 1. The smallest absolute Gasteiger partial charge is 0.308 e. The Labute approximate surface area is 103 Å². The zero-order chi connectivity index (χ0) is 13.5. The molecule has 0 aromatic rings. The molecule has 18 heavy (non-hydrogen) atoms. The molecule has 0 saturated carbocycles. The number of rotatable bonds is 6. The average Bonchev–Trinajstić information content (AvgIpc) is 2.83. The summed E-state index contributed by atoms with van der Waals surface area (Å²) in [6.07, 6.45) is 0.589. The lowest BCUT2D eigenvalue weighted by atomic mass is 10.1. The van der Waals surface area contributed by atoms with E-state index in [1.807, 2.05) is 0 Å². The molecule has 1 heterocycles. The Morgan fingerprint density at radius 3 is 2.89 bits per heavy atom. The van der Waals surface area contributed by atoms with Crippen LogP contribution in [0.1, 0.15) is 19.8 Å². The Kier molecular flexibility index (Phi) is 5.15. The van der Waals surface area contributed by atoms with Gasteiger partial charge in [-0.3, -0.25) is 9.59 Å². The van der Waals surface area contributed by atoms with Crippen molar-refractivity contribution < 1.29 is 29.2 Å². The minimum atomic E-state index is -0.941. The molecule has 1 N–H and O–H groups in total. The second-order valence-corrected chi connectivity index (χ2v) is 3.69. The number of ether oxygens (including phenoxy) is 1. The summed E-state index contributed by atoms with van der Waals surface area (Å²) >= 11 is 0. The minimum Gasteiger partial charge on any atom is -0.569 e. The molecule has 1 atom stereocenters. The Morgan fingerprint density at radius 2 is 2.33 bits per heavy atom. The predicted molar refractivity (Wildman–Crippen MR) is 55.7 cm³/mol. The molecule has 0 aromatic heterocycles. The minimum absolute atomic E-state index is 0.0838. The van der Waals surface area contributed by atoms with E-state index < -0.39 is 24.6 Å². The molecule has 1 aliphatic heterocycles. The monoisotopic (exact) mass is 261 g/mol. The molecule has 102 valence electrons. The van der Waals surface area contributed by atoms with Gasteiger partial charge in [0.05, 0.1) is 24.0 Å². The van der Waals surface area contributed by atoms with Gasteiger partial charge in [-0.1, -0.05) is 6.92 Å². The molecule has 0 bridgehead atoms. The standard InChI is InChI=1S/C9H15N3O6/c1-2-8(13)17-6-18-10-12(16)11-4-3-7(5-11)9(14)15/h7H,2-6H2,1H3,(H,14,15). The zero-order valence-corrected chi connectivity index (χ0v) is 9.94. The van der Waals surface area contributed by atoms with E-state index in [1.165, 1.54) is 5.01 Å². The van der Waals surface area contributed by atoms with Gasteiger partial charge < -0.3 is 19.9 Å². The van der Waals surface area contributed by atoms with Crippen molar-refractivity contribution in [3.8, 4) is 0 Å². The number of hydrazine groups is 1. The largest absolute Gasteiger partial charge is 0.569 e. The second kappa shape index (κ2) is 6.62. The fraction of sp³-hybridized carbons (Fsp3) is 0.778. The number of carbonyl (C=O) groups excluding carboxylic acids is 1. The SMILES string of the molecule is CCC(=O)OCON=[N+]([O-])N1CCC(C(=O)O)C1. The van der Waals surface area contributed by atoms with Crippen LogP contribution in [-0.2, 0) is 19.2 Å². The molecule has 0 aromatic carbocycles. The summed E-state index contributed by atoms with van der Waals surface area (Å²) in [7, 11) is 0. The number of carbonyl (C=O) groups is 2. The number of carboxylic acids is 1. The number of hydrogen-bond donors (Lipinski definition) is 1. The van der Waals surface area contributed by atoms with Crippen molar-refractivity contribution in [2.45, 2.75) is 19.8 Å². The molecule has 0 amide bonds. The van der Waals surface area contributed by atoms with Gasteiger partial charge in [0.2, 0.25) is 5.28 Å². The van der Waals surface area contributed by atoms with Crippen LogP contribution in [0.4, 0.5) is 0 Å². The topological polar surface area (TPSA) is 114 Å². The Morgan fingerprint density at radius 1 is 1.61 bits per heavy atom. The maximum atomic E-state index is 11.3. The third-order valence-corrected chi connectivity index (χ3v) is 2.45. The summed E-state index contributed by atoms with van der Waals surface area (Å²) in [6.45, 7) is 1.56. The molecule has 1 saturated heterocycles. The van der Waals surface area contributed by atoms with Crippen LogP contribution in [0.3, 0.4) is 0 Å². The first kappa shape index (κ1) is 14.0. The van der Waals surface area contributed by atoms with Crippen LogP contribution in [0.25, 0.3) is 0 Å². The van der Waals surface area contributed by atoms with Crippen LogP contribution in [0, 0.1) is 11.1 Å². The molecular weight excluding hydrogens is 246 g/mol. The zero-order valence-electron chi connectivity index (χ0n) is 9.94. The molecule has 1 fully saturated rings. The van der Waals surface area contributed by atoms with E-state index in [4.69, 9.17) is 5.11 Å². The molecule has 9 heteroatoms. The highest BCUT2D eigenvalue weighted by atomic mass is 16.8. The average molecular weight is 261 g/mol. The van der Waals surface area contributed by atoms with E-state index in [9.17, 15) is 14.8 Å². The highest BCUT2D eigenvalue weighted by molar-refractivity contribution is 5.70. The number of esters is 1. The third kappa shape index (κ3) is 4.07. The van der Waals surface area contributed by atoms with Crippen molar-refractivity contribution in [1.82, 2.24) is 5.01 Å². The number of nitrogens with zero attached hydrogens (tertiary/aromatic N) is 3. The van der Waals surface area contributed by atoms with E-state index in [1.54, 1.807) is 6.92 Å². The Bertz CT molecular complexity index is 345. The van der Waals surface area contributed by atoms with Crippen molar-refractivity contribution in [2.24, 2.45) is 11.2 Å². The van der Waals surface area contributed by atoms with Gasteiger partial charge in [-0.2, -0.15) is 0 Å². The summed E-state index contributed by atoms with van der Waals surface area (Å²) in [6, 6.07) is 0. The second-order valence-electron chi connectivity index (χ2n) is 3.69. The van der Waals surface area contributed by atoms with Gasteiger partial charge in [-0.25, -0.2) is 0 Å². The number of hydrogen-bond acceptors (Lipinski definition) is 6. The molecule has 0 radical (unpaired) electrons. The molecule has 1 aliphatic rings. The van der Waals surface area contributed by atoms with E-state index in [0.29, 0.717) is 13.0 Å². The first-order valence-electron chi connectivity index (χ1n) is 5.48. The van der Waals surface area contributed by atoms with Crippen molar-refractivity contribution in [3.63, 3.8) is 0 Å². The van der Waals surface area contributed by atoms with Gasteiger partial charge >= 0.3 is 11.9 Å². The summed E-state index contributed by atoms with van der Waals surface area (Å²) in [5, 5.41) is 24.4. The first-order valence-corrected chi connectivity index (χ1v) is 5.48. The fourth-order valence-corrected chi connectivity index (χ4v) is 1.42. The first-order chi connectivity index (χ1) is 8.54. The van der Waals surface area contributed by atoms with Crippen LogP contribution in [-0.4, -0.2) is 46.9 Å². The third-order valence-electron chi connectivity index (χ3n) is 2.45. The van der Waals surface area contributed by atoms with Crippen LogP contribution in [0.15, 0.2) is 5.28 Å². The maximum Gasteiger partial charge on any atom is 0.308 e. The van der Waals surface area contributed by atoms with E-state index in [-0.39, 0.29) is 17.9 Å². The molecule has 1 rings (SSSR count). The molecule has 9 nitrogen and oxygen atoms in total. The van der Waals surface area contributed by atoms with Crippen LogP contribution in [0.5, 0.6) is 0 Å². The summed E-state index contributed by atoms with van der Waals surface area (Å²) in [5.74, 6) is -1.98. The van der Waals surface area contributed by atoms with Gasteiger partial charge in [0.15, 0.2) is 0 Å². The van der Waals surface area contributed by atoms with Crippen LogP contribution < -0.4 is 0 Å². The Balaban J connectivity index is 2.30. The van der Waals surface area contributed by atoms with Crippen LogP contribution in [0.2, 0.25) is 0 Å². The highest BCUT2D eigenvalue weighted by Gasteiger charge is 2.32. The highest BCUT2D eigenvalue weighted by Crippen LogP contribution is 2.16. The molecule has 0 spiro atoms. The van der Waals surface area contributed by atoms with Gasteiger partial charge in [0.1, 0.15) is 0 Å². The Hall–Kier alpha value is -2.06. The normalized spacial score (nSPS) is 19.7. The van der Waals surface area contributed by atoms with Gasteiger partial charge in [0.25, 0.3) is 6.79 Å². The van der Waals surface area contributed by atoms with E-state index in [0.717, 1.165) is 0 Å². The maximum absolute atomic E-state index is 11.3. The van der Waals surface area contributed by atoms with Crippen molar-refractivity contribution >= 4 is 11.9 Å². The van der Waals surface area contributed by atoms with Gasteiger partial charge in [-0.15, -0.1) is 5.01 Å². The molecular formula is C9H15N3O6. The summed E-state index contributed by atoms with van der Waals surface area (Å²) in [5.41, 5.74) is 0. The lowest BCUT2D eigenvalue weighted by molar-refractivity contribution is -0.708. The quantitative estimate of drug-likeness (QED) is 0.180. The molecule has 0 aliphatic carbocycles.